The van der Waals surface area contributed by atoms with Crippen LogP contribution in [0.3, 0.4) is 0 Å². The van der Waals surface area contributed by atoms with Gasteiger partial charge in [-0.05, 0) is 132 Å². The minimum Gasteiger partial charge on any atom is -0.256 e. The number of benzene rings is 6. The van der Waals surface area contributed by atoms with E-state index in [2.05, 4.69) is 177 Å². The molecule has 1 nitrogen and oxygen atoms in total. The second kappa shape index (κ2) is 16.2. The lowest BCUT2D eigenvalue weighted by Gasteiger charge is -2.18. The van der Waals surface area contributed by atoms with Crippen LogP contribution in [0.4, 0.5) is 0 Å². The third-order valence-corrected chi connectivity index (χ3v) is 9.85. The summed E-state index contributed by atoms with van der Waals surface area (Å²) in [6, 6.07) is 47.1. The number of nitrogens with zero attached hydrogens (tertiary/aromatic N) is 1. The number of allylic oxidation sites excluding steroid dienone is 5. The molecule has 6 aromatic carbocycles. The van der Waals surface area contributed by atoms with Crippen molar-refractivity contribution < 1.29 is 0 Å². The van der Waals surface area contributed by atoms with Crippen LogP contribution in [0.2, 0.25) is 0 Å². The molecule has 49 heavy (non-hydrogen) atoms. The van der Waals surface area contributed by atoms with Gasteiger partial charge in [-0.3, -0.25) is 4.99 Å². The van der Waals surface area contributed by atoms with Gasteiger partial charge < -0.3 is 0 Å². The summed E-state index contributed by atoms with van der Waals surface area (Å²) >= 11 is 0. The molecule has 0 atom stereocenters. The summed E-state index contributed by atoms with van der Waals surface area (Å²) < 4.78 is 0. The van der Waals surface area contributed by atoms with Crippen molar-refractivity contribution in [3.05, 3.63) is 178 Å². The van der Waals surface area contributed by atoms with Crippen molar-refractivity contribution in [1.82, 2.24) is 0 Å². The predicted octanol–water partition coefficient (Wildman–Crippen LogP) is 14.0. The number of fused-ring (bicyclic) bond motifs is 3. The third kappa shape index (κ3) is 7.90. The molecule has 6 rings (SSSR count). The van der Waals surface area contributed by atoms with Crippen molar-refractivity contribution in [1.29, 1.82) is 0 Å². The molecule has 0 aromatic heterocycles. The predicted molar refractivity (Wildman–Crippen MR) is 218 cm³/mol. The number of rotatable bonds is 7. The van der Waals surface area contributed by atoms with E-state index in [0.717, 1.165) is 12.1 Å². The number of hydrogen-bond donors (Lipinski definition) is 0. The van der Waals surface area contributed by atoms with E-state index < -0.39 is 0 Å². The van der Waals surface area contributed by atoms with Gasteiger partial charge in [-0.25, -0.2) is 0 Å². The zero-order valence-electron chi connectivity index (χ0n) is 30.4. The van der Waals surface area contributed by atoms with Crippen molar-refractivity contribution in [2.75, 3.05) is 0 Å². The second-order valence-electron chi connectivity index (χ2n) is 12.9. The first kappa shape index (κ1) is 35.0. The fraction of sp³-hybridized carbons (Fsp3) is 0.188. The van der Waals surface area contributed by atoms with Crippen LogP contribution in [-0.4, -0.2) is 6.21 Å². The molecule has 1 heteroatoms. The average molecular weight is 640 g/mol. The standard InChI is InChI=1S/C26H24.C22H25N/c1-17-11-5-6-12-21(17)18(2)19(3)26-20(4)22-13-7-8-14-23(22)24-15-9-10-16-25(24)26;1-5-17(2)22(21-14-10-7-11-15-21)23-16-18(3)19(4)20-12-8-6-9-13-20/h5-16H,1-4H3;6-16H,5H2,1-4H3/b19-18+;19-18+,22-17?,23-16?. The molecule has 0 unspecified atom stereocenters. The van der Waals surface area contributed by atoms with Gasteiger partial charge in [-0.1, -0.05) is 140 Å². The van der Waals surface area contributed by atoms with Crippen LogP contribution in [0, 0.1) is 13.8 Å². The van der Waals surface area contributed by atoms with Crippen LogP contribution >= 0.6 is 0 Å². The fourth-order valence-electron chi connectivity index (χ4n) is 6.55. The van der Waals surface area contributed by atoms with Gasteiger partial charge >= 0.3 is 0 Å². The fourth-order valence-corrected chi connectivity index (χ4v) is 6.55. The van der Waals surface area contributed by atoms with E-state index in [9.17, 15) is 0 Å². The van der Waals surface area contributed by atoms with Gasteiger partial charge in [0.2, 0.25) is 0 Å². The van der Waals surface area contributed by atoms with Gasteiger partial charge in [0.05, 0.1) is 5.70 Å². The Morgan fingerprint density at radius 3 is 1.59 bits per heavy atom. The molecule has 0 N–H and O–H groups in total. The van der Waals surface area contributed by atoms with Crippen LogP contribution in [0.5, 0.6) is 0 Å². The number of aryl methyl sites for hydroxylation is 2. The molecule has 0 bridgehead atoms. The Morgan fingerprint density at radius 1 is 0.510 bits per heavy atom. The summed E-state index contributed by atoms with van der Waals surface area (Å²) in [7, 11) is 0. The average Bonchev–Trinajstić information content (AvgIpc) is 3.15. The SMILES string of the molecule is C/C(=C(/C)c1c(C)c2ccccc2c2ccccc12)c1ccccc1C.CCC(C)=C(N=C/C(C)=C(\C)c1ccccc1)c1ccccc1. The summed E-state index contributed by atoms with van der Waals surface area (Å²) in [5.41, 5.74) is 15.4. The summed E-state index contributed by atoms with van der Waals surface area (Å²) in [6.07, 6.45) is 2.99. The van der Waals surface area contributed by atoms with E-state index >= 15 is 0 Å². The topological polar surface area (TPSA) is 12.4 Å². The zero-order valence-corrected chi connectivity index (χ0v) is 30.4. The van der Waals surface area contributed by atoms with E-state index in [1.165, 1.54) is 82.8 Å². The molecule has 0 aliphatic heterocycles. The molecule has 0 aliphatic rings. The van der Waals surface area contributed by atoms with E-state index in [0.29, 0.717) is 0 Å². The Labute approximate surface area is 294 Å². The normalized spacial score (nSPS) is 13.1. The molecular formula is C48H49N. The van der Waals surface area contributed by atoms with Crippen molar-refractivity contribution in [2.45, 2.75) is 61.8 Å². The number of aliphatic imine (C=N–C) groups is 1. The lowest BCUT2D eigenvalue weighted by Crippen LogP contribution is -1.95. The first-order chi connectivity index (χ1) is 23.7. The van der Waals surface area contributed by atoms with E-state index in [4.69, 9.17) is 4.99 Å². The molecule has 6 aromatic rings. The van der Waals surface area contributed by atoms with Gasteiger partial charge in [0.1, 0.15) is 0 Å². The largest absolute Gasteiger partial charge is 0.256 e. The Balaban J connectivity index is 0.000000193. The maximum Gasteiger partial charge on any atom is 0.0691 e. The quantitative estimate of drug-likeness (QED) is 0.0936. The first-order valence-corrected chi connectivity index (χ1v) is 17.4. The number of hydrogen-bond acceptors (Lipinski definition) is 1. The van der Waals surface area contributed by atoms with E-state index in [1.807, 2.05) is 18.3 Å². The Kier molecular flexibility index (Phi) is 11.6. The van der Waals surface area contributed by atoms with Gasteiger partial charge in [0.25, 0.3) is 0 Å². The molecule has 0 saturated carbocycles. The summed E-state index contributed by atoms with van der Waals surface area (Å²) in [6.45, 7) is 17.6. The molecule has 246 valence electrons. The molecule has 0 fully saturated rings. The highest BCUT2D eigenvalue weighted by Gasteiger charge is 2.15. The van der Waals surface area contributed by atoms with E-state index in [-0.39, 0.29) is 0 Å². The lowest BCUT2D eigenvalue weighted by atomic mass is 9.86. The molecule has 0 heterocycles. The molecular weight excluding hydrogens is 591 g/mol. The van der Waals surface area contributed by atoms with Crippen molar-refractivity contribution >= 4 is 50.2 Å². The second-order valence-corrected chi connectivity index (χ2v) is 12.9. The summed E-state index contributed by atoms with van der Waals surface area (Å²) in [4.78, 5) is 4.81. The zero-order chi connectivity index (χ0) is 34.9. The Hall–Kier alpha value is -5.27. The minimum absolute atomic E-state index is 1.00. The monoisotopic (exact) mass is 639 g/mol. The van der Waals surface area contributed by atoms with Crippen LogP contribution in [0.1, 0.15) is 81.3 Å². The molecule has 0 radical (unpaired) electrons. The Morgan fingerprint density at radius 2 is 1.00 bits per heavy atom. The smallest absolute Gasteiger partial charge is 0.0691 e. The van der Waals surface area contributed by atoms with Crippen LogP contribution in [-0.2, 0) is 0 Å². The Bertz CT molecular complexity index is 2190. The van der Waals surface area contributed by atoms with Gasteiger partial charge in [0.15, 0.2) is 0 Å². The van der Waals surface area contributed by atoms with Crippen LogP contribution < -0.4 is 0 Å². The highest BCUT2D eigenvalue weighted by molar-refractivity contribution is 6.15. The molecule has 0 saturated heterocycles. The maximum absolute atomic E-state index is 4.81. The van der Waals surface area contributed by atoms with Crippen LogP contribution in [0.25, 0.3) is 44.0 Å². The molecule has 0 amide bonds. The van der Waals surface area contributed by atoms with Crippen molar-refractivity contribution in [2.24, 2.45) is 4.99 Å². The highest BCUT2D eigenvalue weighted by atomic mass is 14.7. The van der Waals surface area contributed by atoms with Gasteiger partial charge in [0, 0.05) is 11.8 Å². The van der Waals surface area contributed by atoms with Crippen molar-refractivity contribution in [3.63, 3.8) is 0 Å². The highest BCUT2D eigenvalue weighted by Crippen LogP contribution is 2.39. The maximum atomic E-state index is 4.81. The summed E-state index contributed by atoms with van der Waals surface area (Å²) in [5, 5.41) is 5.36. The molecule has 0 aliphatic carbocycles. The first-order valence-electron chi connectivity index (χ1n) is 17.4. The lowest BCUT2D eigenvalue weighted by molar-refractivity contribution is 1.09. The van der Waals surface area contributed by atoms with Gasteiger partial charge in [-0.15, -0.1) is 0 Å². The summed E-state index contributed by atoms with van der Waals surface area (Å²) in [5.74, 6) is 0. The van der Waals surface area contributed by atoms with Crippen molar-refractivity contribution in [3.8, 4) is 0 Å². The van der Waals surface area contributed by atoms with E-state index in [1.54, 1.807) is 0 Å². The van der Waals surface area contributed by atoms with Crippen LogP contribution in [0.15, 0.2) is 150 Å². The molecule has 0 spiro atoms. The minimum atomic E-state index is 1.00. The van der Waals surface area contributed by atoms with Gasteiger partial charge in [-0.2, -0.15) is 0 Å². The third-order valence-electron chi connectivity index (χ3n) is 9.85.